The highest BCUT2D eigenvalue weighted by Gasteiger charge is 2.22. The fraction of sp³-hybridized carbons (Fsp3) is 0.231. The second-order valence-corrected chi connectivity index (χ2v) is 9.32. The van der Waals surface area contributed by atoms with Crippen molar-refractivity contribution in [3.05, 3.63) is 81.5 Å². The predicted octanol–water partition coefficient (Wildman–Crippen LogP) is 5.13. The maximum absolute atomic E-state index is 13.9. The van der Waals surface area contributed by atoms with Gasteiger partial charge in [-0.05, 0) is 63.6 Å². The van der Waals surface area contributed by atoms with Crippen molar-refractivity contribution in [2.24, 2.45) is 0 Å². The molecule has 9 heteroatoms. The first-order valence-corrected chi connectivity index (χ1v) is 12.0. The SMILES string of the molecule is Cc1c(C#N)c(NC(=O)CSc2nc3ccccc3c(=O)n2C(C)C)n(-c2cccc(F)c2)c1C. The Morgan fingerprint density at radius 1 is 1.20 bits per heavy atom. The van der Waals surface area contributed by atoms with Gasteiger partial charge in [-0.15, -0.1) is 0 Å². The minimum atomic E-state index is -0.423. The third-order valence-electron chi connectivity index (χ3n) is 5.77. The topological polar surface area (TPSA) is 92.7 Å². The number of para-hydroxylation sites is 1. The average molecular weight is 490 g/mol. The third kappa shape index (κ3) is 4.57. The van der Waals surface area contributed by atoms with Crippen LogP contribution in [0.5, 0.6) is 0 Å². The molecule has 0 unspecified atom stereocenters. The highest BCUT2D eigenvalue weighted by molar-refractivity contribution is 7.99. The molecule has 0 aliphatic carbocycles. The molecule has 0 aliphatic heterocycles. The molecule has 2 aromatic heterocycles. The van der Waals surface area contributed by atoms with E-state index >= 15 is 0 Å². The summed E-state index contributed by atoms with van der Waals surface area (Å²) < 4.78 is 17.2. The lowest BCUT2D eigenvalue weighted by molar-refractivity contribution is -0.113. The molecular weight excluding hydrogens is 465 g/mol. The van der Waals surface area contributed by atoms with E-state index in [0.717, 1.165) is 17.5 Å². The molecule has 0 saturated heterocycles. The van der Waals surface area contributed by atoms with Gasteiger partial charge in [0, 0.05) is 11.7 Å². The van der Waals surface area contributed by atoms with Crippen molar-refractivity contribution in [3.8, 4) is 11.8 Å². The molecule has 2 heterocycles. The molecule has 178 valence electrons. The second-order valence-electron chi connectivity index (χ2n) is 8.38. The van der Waals surface area contributed by atoms with Crippen LogP contribution in [0.3, 0.4) is 0 Å². The maximum Gasteiger partial charge on any atom is 0.262 e. The molecule has 0 fully saturated rings. The van der Waals surface area contributed by atoms with E-state index in [1.807, 2.05) is 26.8 Å². The van der Waals surface area contributed by atoms with Crippen LogP contribution in [0, 0.1) is 31.0 Å². The van der Waals surface area contributed by atoms with Gasteiger partial charge >= 0.3 is 0 Å². The number of nitrogens with one attached hydrogen (secondary N) is 1. The number of halogens is 1. The van der Waals surface area contributed by atoms with Gasteiger partial charge in [0.05, 0.1) is 27.9 Å². The van der Waals surface area contributed by atoms with Gasteiger partial charge < -0.3 is 5.32 Å². The minimum Gasteiger partial charge on any atom is -0.310 e. The third-order valence-corrected chi connectivity index (χ3v) is 6.73. The van der Waals surface area contributed by atoms with E-state index in [0.29, 0.717) is 32.9 Å². The average Bonchev–Trinajstić information content (AvgIpc) is 3.06. The van der Waals surface area contributed by atoms with Gasteiger partial charge in [0.15, 0.2) is 5.16 Å². The number of hydrogen-bond donors (Lipinski definition) is 1. The molecule has 0 spiro atoms. The fourth-order valence-electron chi connectivity index (χ4n) is 3.98. The highest BCUT2D eigenvalue weighted by Crippen LogP contribution is 2.30. The van der Waals surface area contributed by atoms with Crippen molar-refractivity contribution in [2.75, 3.05) is 11.1 Å². The summed E-state index contributed by atoms with van der Waals surface area (Å²) in [5.41, 5.74) is 2.64. The number of anilines is 1. The number of fused-ring (bicyclic) bond motifs is 1. The Kier molecular flexibility index (Phi) is 6.76. The van der Waals surface area contributed by atoms with Gasteiger partial charge in [0.1, 0.15) is 17.7 Å². The quantitative estimate of drug-likeness (QED) is 0.300. The Labute approximate surface area is 206 Å². The lowest BCUT2D eigenvalue weighted by Crippen LogP contribution is -2.26. The number of benzene rings is 2. The first kappa shape index (κ1) is 24.2. The molecule has 4 aromatic rings. The first-order chi connectivity index (χ1) is 16.7. The predicted molar refractivity (Wildman–Crippen MR) is 136 cm³/mol. The fourth-order valence-corrected chi connectivity index (χ4v) is 4.91. The van der Waals surface area contributed by atoms with Crippen LogP contribution in [0.15, 0.2) is 58.5 Å². The largest absolute Gasteiger partial charge is 0.310 e. The van der Waals surface area contributed by atoms with E-state index < -0.39 is 5.82 Å². The molecule has 0 atom stereocenters. The van der Waals surface area contributed by atoms with Crippen LogP contribution < -0.4 is 10.9 Å². The Balaban J connectivity index is 1.66. The molecule has 0 saturated carbocycles. The zero-order valence-corrected chi connectivity index (χ0v) is 20.6. The van der Waals surface area contributed by atoms with E-state index in [1.165, 1.54) is 12.1 Å². The van der Waals surface area contributed by atoms with Crippen LogP contribution in [-0.4, -0.2) is 25.8 Å². The number of carbonyl (C=O) groups is 1. The number of amides is 1. The summed E-state index contributed by atoms with van der Waals surface area (Å²) >= 11 is 1.15. The molecule has 1 N–H and O–H groups in total. The normalized spacial score (nSPS) is 11.1. The lowest BCUT2D eigenvalue weighted by Gasteiger charge is -2.16. The molecular formula is C26H24FN5O2S. The Morgan fingerprint density at radius 3 is 2.63 bits per heavy atom. The van der Waals surface area contributed by atoms with Gasteiger partial charge in [0.25, 0.3) is 5.56 Å². The van der Waals surface area contributed by atoms with Gasteiger partial charge in [-0.2, -0.15) is 5.26 Å². The second kappa shape index (κ2) is 9.76. The van der Waals surface area contributed by atoms with Gasteiger partial charge in [0.2, 0.25) is 5.91 Å². The van der Waals surface area contributed by atoms with Crippen LogP contribution in [0.1, 0.15) is 36.7 Å². The van der Waals surface area contributed by atoms with Gasteiger partial charge in [-0.3, -0.25) is 18.7 Å². The molecule has 1 amide bonds. The summed E-state index contributed by atoms with van der Waals surface area (Å²) in [6, 6.07) is 15.1. The van der Waals surface area contributed by atoms with Crippen LogP contribution in [0.25, 0.3) is 16.6 Å². The van der Waals surface area contributed by atoms with Crippen molar-refractivity contribution >= 4 is 34.4 Å². The lowest BCUT2D eigenvalue weighted by atomic mass is 10.2. The van der Waals surface area contributed by atoms with E-state index in [1.54, 1.807) is 46.4 Å². The van der Waals surface area contributed by atoms with Crippen molar-refractivity contribution in [1.82, 2.24) is 14.1 Å². The van der Waals surface area contributed by atoms with Crippen LogP contribution in [0.2, 0.25) is 0 Å². The highest BCUT2D eigenvalue weighted by atomic mass is 32.2. The molecule has 4 rings (SSSR count). The minimum absolute atomic E-state index is 0.0329. The first-order valence-electron chi connectivity index (χ1n) is 11.0. The summed E-state index contributed by atoms with van der Waals surface area (Å²) in [7, 11) is 0. The zero-order valence-electron chi connectivity index (χ0n) is 19.8. The summed E-state index contributed by atoms with van der Waals surface area (Å²) in [5, 5.41) is 13.5. The summed E-state index contributed by atoms with van der Waals surface area (Å²) in [6.45, 7) is 7.37. The molecule has 2 aromatic carbocycles. The van der Waals surface area contributed by atoms with Crippen LogP contribution in [0.4, 0.5) is 10.2 Å². The van der Waals surface area contributed by atoms with Crippen molar-refractivity contribution in [1.29, 1.82) is 5.26 Å². The molecule has 0 radical (unpaired) electrons. The Bertz CT molecular complexity index is 1550. The number of hydrogen-bond acceptors (Lipinski definition) is 5. The monoisotopic (exact) mass is 489 g/mol. The van der Waals surface area contributed by atoms with Crippen LogP contribution >= 0.6 is 11.8 Å². The summed E-state index contributed by atoms with van der Waals surface area (Å²) in [6.07, 6.45) is 0. The van der Waals surface area contributed by atoms with E-state index in [4.69, 9.17) is 0 Å². The summed E-state index contributed by atoms with van der Waals surface area (Å²) in [4.78, 5) is 30.6. The van der Waals surface area contributed by atoms with Gasteiger partial charge in [-0.1, -0.05) is 30.0 Å². The molecule has 7 nitrogen and oxygen atoms in total. The van der Waals surface area contributed by atoms with Crippen molar-refractivity contribution in [2.45, 2.75) is 38.9 Å². The van der Waals surface area contributed by atoms with Crippen molar-refractivity contribution < 1.29 is 9.18 Å². The van der Waals surface area contributed by atoms with Crippen LogP contribution in [-0.2, 0) is 4.79 Å². The Hall–Kier alpha value is -3.90. The maximum atomic E-state index is 13.9. The summed E-state index contributed by atoms with van der Waals surface area (Å²) in [5.74, 6) is -0.547. The number of carbonyl (C=O) groups excluding carboxylic acids is 1. The molecule has 0 bridgehead atoms. The number of nitriles is 1. The Morgan fingerprint density at radius 2 is 1.94 bits per heavy atom. The molecule has 0 aliphatic rings. The van der Waals surface area contributed by atoms with E-state index in [9.17, 15) is 19.2 Å². The van der Waals surface area contributed by atoms with Crippen molar-refractivity contribution in [3.63, 3.8) is 0 Å². The standard InChI is InChI=1S/C26H24FN5O2S/c1-15(2)31-25(34)20-10-5-6-11-22(20)29-26(31)35-14-23(33)30-24-21(13-28)16(3)17(4)32(24)19-9-7-8-18(27)12-19/h5-12,15H,14H2,1-4H3,(H,30,33). The number of nitrogens with zero attached hydrogens (tertiary/aromatic N) is 4. The van der Waals surface area contributed by atoms with Gasteiger partial charge in [-0.25, -0.2) is 9.37 Å². The number of rotatable bonds is 6. The van der Waals surface area contributed by atoms with E-state index in [-0.39, 0.29) is 29.1 Å². The number of thioether (sulfide) groups is 1. The zero-order chi connectivity index (χ0) is 25.3. The number of aromatic nitrogens is 3. The molecule has 35 heavy (non-hydrogen) atoms. The van der Waals surface area contributed by atoms with E-state index in [2.05, 4.69) is 16.4 Å². The smallest absolute Gasteiger partial charge is 0.262 e.